The molecule has 2 unspecified atom stereocenters. The van der Waals surface area contributed by atoms with Crippen molar-refractivity contribution in [2.24, 2.45) is 11.8 Å². The van der Waals surface area contributed by atoms with Gasteiger partial charge in [0.2, 0.25) is 5.91 Å². The van der Waals surface area contributed by atoms with Crippen LogP contribution < -0.4 is 5.32 Å². The summed E-state index contributed by atoms with van der Waals surface area (Å²) in [5.41, 5.74) is 0. The smallest absolute Gasteiger partial charge is 0.225 e. The van der Waals surface area contributed by atoms with Gasteiger partial charge in [0.1, 0.15) is 6.04 Å². The number of nitriles is 1. The molecule has 1 N–H and O–H groups in total. The van der Waals surface area contributed by atoms with Crippen molar-refractivity contribution in [1.82, 2.24) is 5.32 Å². The molecule has 0 spiro atoms. The molecule has 0 aromatic carbocycles. The molecule has 1 fully saturated rings. The first-order chi connectivity index (χ1) is 7.35. The fourth-order valence-electron chi connectivity index (χ4n) is 1.62. The Labute approximate surface area is 95.7 Å². The highest BCUT2D eigenvalue weighted by atomic mass is 32.2. The van der Waals surface area contributed by atoms with E-state index in [-0.39, 0.29) is 23.3 Å². The second-order valence-electron chi connectivity index (χ2n) is 4.46. The lowest BCUT2D eigenvalue weighted by atomic mass is 10.0. The average molecular weight is 244 g/mol. The topological polar surface area (TPSA) is 87.0 Å². The zero-order chi connectivity index (χ0) is 12.3. The molecule has 1 rings (SSSR count). The van der Waals surface area contributed by atoms with Crippen LogP contribution in [0.2, 0.25) is 0 Å². The molecule has 0 radical (unpaired) electrons. The standard InChI is InChI=1S/C10H16N2O3S/c1-7(2)9(5-11)12-10(13)8-3-4-16(14,15)6-8/h7-9H,3-4,6H2,1-2H3,(H,12,13). The molecular weight excluding hydrogens is 228 g/mol. The first-order valence-corrected chi connectivity index (χ1v) is 7.08. The predicted octanol–water partition coefficient (Wildman–Crippen LogP) is 0.0855. The van der Waals surface area contributed by atoms with Gasteiger partial charge >= 0.3 is 0 Å². The SMILES string of the molecule is CC(C)C(C#N)NC(=O)C1CCS(=O)(=O)C1. The Hall–Kier alpha value is -1.09. The van der Waals surface area contributed by atoms with Crippen LogP contribution in [-0.2, 0) is 14.6 Å². The Bertz CT molecular complexity index is 408. The zero-order valence-corrected chi connectivity index (χ0v) is 10.3. The molecule has 1 aliphatic heterocycles. The van der Waals surface area contributed by atoms with Crippen LogP contribution >= 0.6 is 0 Å². The van der Waals surface area contributed by atoms with E-state index in [9.17, 15) is 13.2 Å². The maximum atomic E-state index is 11.7. The van der Waals surface area contributed by atoms with Crippen molar-refractivity contribution in [2.75, 3.05) is 11.5 Å². The molecule has 1 saturated heterocycles. The summed E-state index contributed by atoms with van der Waals surface area (Å²) in [6.07, 6.45) is 0.365. The summed E-state index contributed by atoms with van der Waals surface area (Å²) >= 11 is 0. The largest absolute Gasteiger partial charge is 0.340 e. The lowest BCUT2D eigenvalue weighted by Gasteiger charge is -2.17. The van der Waals surface area contributed by atoms with Crippen LogP contribution in [0.15, 0.2) is 0 Å². The molecule has 1 amide bonds. The second kappa shape index (κ2) is 4.83. The van der Waals surface area contributed by atoms with E-state index in [0.29, 0.717) is 6.42 Å². The average Bonchev–Trinajstić information content (AvgIpc) is 2.54. The van der Waals surface area contributed by atoms with Crippen molar-refractivity contribution in [3.8, 4) is 6.07 Å². The van der Waals surface area contributed by atoms with E-state index in [1.165, 1.54) is 0 Å². The maximum Gasteiger partial charge on any atom is 0.225 e. The number of carbonyl (C=O) groups excluding carboxylic acids is 1. The third-order valence-corrected chi connectivity index (χ3v) is 4.47. The number of rotatable bonds is 3. The minimum Gasteiger partial charge on any atom is -0.340 e. The quantitative estimate of drug-likeness (QED) is 0.762. The van der Waals surface area contributed by atoms with Gasteiger partial charge in [0.25, 0.3) is 0 Å². The Morgan fingerprint density at radius 1 is 1.50 bits per heavy atom. The fourth-order valence-corrected chi connectivity index (χ4v) is 3.36. The minimum absolute atomic E-state index is 0.0203. The van der Waals surface area contributed by atoms with Crippen LogP contribution in [0.1, 0.15) is 20.3 Å². The molecule has 6 heteroatoms. The summed E-state index contributed by atoms with van der Waals surface area (Å²) < 4.78 is 22.4. The zero-order valence-electron chi connectivity index (χ0n) is 9.43. The van der Waals surface area contributed by atoms with Gasteiger partial charge in [0.05, 0.1) is 23.5 Å². The van der Waals surface area contributed by atoms with Gasteiger partial charge < -0.3 is 5.32 Å². The third kappa shape index (κ3) is 3.20. The van der Waals surface area contributed by atoms with Gasteiger partial charge in [-0.1, -0.05) is 13.8 Å². The summed E-state index contributed by atoms with van der Waals surface area (Å²) in [4.78, 5) is 11.7. The molecule has 0 aliphatic carbocycles. The molecular formula is C10H16N2O3S. The monoisotopic (exact) mass is 244 g/mol. The van der Waals surface area contributed by atoms with Gasteiger partial charge in [0, 0.05) is 0 Å². The summed E-state index contributed by atoms with van der Waals surface area (Å²) in [5.74, 6) is -0.799. The van der Waals surface area contributed by atoms with E-state index in [0.717, 1.165) is 0 Å². The van der Waals surface area contributed by atoms with Crippen LogP contribution in [-0.4, -0.2) is 31.9 Å². The van der Waals surface area contributed by atoms with E-state index in [2.05, 4.69) is 5.32 Å². The van der Waals surface area contributed by atoms with Gasteiger partial charge in [-0.2, -0.15) is 5.26 Å². The molecule has 0 saturated carbocycles. The highest BCUT2D eigenvalue weighted by Crippen LogP contribution is 2.18. The maximum absolute atomic E-state index is 11.7. The summed E-state index contributed by atoms with van der Waals surface area (Å²) in [7, 11) is -3.05. The molecule has 1 aliphatic rings. The normalized spacial score (nSPS) is 25.0. The van der Waals surface area contributed by atoms with Crippen molar-refractivity contribution in [3.63, 3.8) is 0 Å². The van der Waals surface area contributed by atoms with E-state index in [1.807, 2.05) is 19.9 Å². The Morgan fingerprint density at radius 2 is 2.12 bits per heavy atom. The number of nitrogens with one attached hydrogen (secondary N) is 1. The highest BCUT2D eigenvalue weighted by molar-refractivity contribution is 7.91. The van der Waals surface area contributed by atoms with Gasteiger partial charge in [-0.05, 0) is 12.3 Å². The van der Waals surface area contributed by atoms with Crippen molar-refractivity contribution in [1.29, 1.82) is 5.26 Å². The first-order valence-electron chi connectivity index (χ1n) is 5.26. The van der Waals surface area contributed by atoms with E-state index < -0.39 is 21.8 Å². The van der Waals surface area contributed by atoms with Gasteiger partial charge in [-0.15, -0.1) is 0 Å². The van der Waals surface area contributed by atoms with Crippen molar-refractivity contribution in [2.45, 2.75) is 26.3 Å². The molecule has 16 heavy (non-hydrogen) atoms. The summed E-state index contributed by atoms with van der Waals surface area (Å²) in [5, 5.41) is 11.4. The molecule has 90 valence electrons. The molecule has 2 atom stereocenters. The molecule has 0 aromatic heterocycles. The highest BCUT2D eigenvalue weighted by Gasteiger charge is 2.33. The summed E-state index contributed by atoms with van der Waals surface area (Å²) in [6, 6.07) is 1.45. The van der Waals surface area contributed by atoms with Gasteiger partial charge in [0.15, 0.2) is 9.84 Å². The number of carbonyl (C=O) groups is 1. The molecule has 0 bridgehead atoms. The van der Waals surface area contributed by atoms with Crippen LogP contribution in [0, 0.1) is 23.2 Å². The van der Waals surface area contributed by atoms with E-state index >= 15 is 0 Å². The number of amides is 1. The number of hydrogen-bond acceptors (Lipinski definition) is 4. The van der Waals surface area contributed by atoms with Crippen LogP contribution in [0.25, 0.3) is 0 Å². The van der Waals surface area contributed by atoms with Crippen LogP contribution in [0.5, 0.6) is 0 Å². The Morgan fingerprint density at radius 3 is 2.50 bits per heavy atom. The lowest BCUT2D eigenvalue weighted by Crippen LogP contribution is -2.41. The fraction of sp³-hybridized carbons (Fsp3) is 0.800. The number of sulfone groups is 1. The van der Waals surface area contributed by atoms with E-state index in [1.54, 1.807) is 0 Å². The van der Waals surface area contributed by atoms with Crippen molar-refractivity contribution >= 4 is 15.7 Å². The lowest BCUT2D eigenvalue weighted by molar-refractivity contribution is -0.124. The van der Waals surface area contributed by atoms with Gasteiger partial charge in [-0.3, -0.25) is 4.79 Å². The van der Waals surface area contributed by atoms with Gasteiger partial charge in [-0.25, -0.2) is 8.42 Å². The Kier molecular flexibility index (Phi) is 3.92. The predicted molar refractivity (Wildman–Crippen MR) is 59.1 cm³/mol. The minimum atomic E-state index is -3.05. The second-order valence-corrected chi connectivity index (χ2v) is 6.69. The number of nitrogens with zero attached hydrogens (tertiary/aromatic N) is 1. The Balaban J connectivity index is 2.58. The third-order valence-electron chi connectivity index (χ3n) is 2.71. The first kappa shape index (κ1) is 13.0. The van der Waals surface area contributed by atoms with E-state index in [4.69, 9.17) is 5.26 Å². The van der Waals surface area contributed by atoms with Crippen LogP contribution in [0.3, 0.4) is 0 Å². The summed E-state index contributed by atoms with van der Waals surface area (Å²) in [6.45, 7) is 3.67. The molecule has 5 nitrogen and oxygen atoms in total. The van der Waals surface area contributed by atoms with Crippen molar-refractivity contribution < 1.29 is 13.2 Å². The van der Waals surface area contributed by atoms with Crippen molar-refractivity contribution in [3.05, 3.63) is 0 Å². The molecule has 0 aromatic rings. The number of hydrogen-bond donors (Lipinski definition) is 1. The molecule has 1 heterocycles. The van der Waals surface area contributed by atoms with Crippen LogP contribution in [0.4, 0.5) is 0 Å².